The number of carbonyl (C=O) groups excluding carboxylic acids is 1. The summed E-state index contributed by atoms with van der Waals surface area (Å²) in [5.74, 6) is 0.279. The lowest BCUT2D eigenvalue weighted by molar-refractivity contribution is 0.0733. The number of hydrogen-bond donors (Lipinski definition) is 0. The molecule has 164 valence electrons. The number of nitrogens with zero attached hydrogens (tertiary/aromatic N) is 2. The number of esters is 1. The maximum atomic E-state index is 13.4. The van der Waals surface area contributed by atoms with E-state index in [1.165, 1.54) is 6.26 Å². The van der Waals surface area contributed by atoms with Gasteiger partial charge < -0.3 is 13.7 Å². The number of carbonyl (C=O) groups is 1. The third kappa shape index (κ3) is 3.58. The van der Waals surface area contributed by atoms with E-state index in [0.717, 1.165) is 11.0 Å². The number of halogens is 1. The molecular formula is C26H19ClN2O4. The molecule has 0 aliphatic heterocycles. The predicted octanol–water partition coefficient (Wildman–Crippen LogP) is 5.78. The Morgan fingerprint density at radius 2 is 1.88 bits per heavy atom. The van der Waals surface area contributed by atoms with Crippen LogP contribution < -0.4 is 10.2 Å². The maximum Gasteiger partial charge on any atom is 0.345 e. The van der Waals surface area contributed by atoms with Crippen molar-refractivity contribution in [2.75, 3.05) is 0 Å². The first-order valence-electron chi connectivity index (χ1n) is 10.4. The molecule has 0 saturated heterocycles. The number of fused-ring (bicyclic) bond motifs is 2. The van der Waals surface area contributed by atoms with Gasteiger partial charge in [0.2, 0.25) is 5.43 Å². The summed E-state index contributed by atoms with van der Waals surface area (Å²) in [4.78, 5) is 30.7. The highest BCUT2D eigenvalue weighted by atomic mass is 35.5. The number of aryl methyl sites for hydroxylation is 2. The molecule has 5 aromatic rings. The van der Waals surface area contributed by atoms with Crippen LogP contribution in [-0.4, -0.2) is 15.5 Å². The molecule has 0 spiro atoms. The Kier molecular flexibility index (Phi) is 5.23. The zero-order chi connectivity index (χ0) is 23.1. The second-order valence-electron chi connectivity index (χ2n) is 7.64. The lowest BCUT2D eigenvalue weighted by atomic mass is 10.1. The summed E-state index contributed by atoms with van der Waals surface area (Å²) in [5.41, 5.74) is 3.17. The van der Waals surface area contributed by atoms with Crippen molar-refractivity contribution in [3.05, 3.63) is 93.3 Å². The van der Waals surface area contributed by atoms with Gasteiger partial charge in [-0.2, -0.15) is 0 Å². The lowest BCUT2D eigenvalue weighted by Gasteiger charge is -2.11. The van der Waals surface area contributed by atoms with Gasteiger partial charge in [-0.3, -0.25) is 4.79 Å². The molecular weight excluding hydrogens is 440 g/mol. The van der Waals surface area contributed by atoms with Gasteiger partial charge in [0.15, 0.2) is 0 Å². The second-order valence-corrected chi connectivity index (χ2v) is 8.05. The Morgan fingerprint density at radius 3 is 2.64 bits per heavy atom. The first-order valence-corrected chi connectivity index (χ1v) is 10.8. The fourth-order valence-corrected chi connectivity index (χ4v) is 4.11. The third-order valence-electron chi connectivity index (χ3n) is 5.66. The van der Waals surface area contributed by atoms with Gasteiger partial charge in [0.25, 0.3) is 0 Å². The van der Waals surface area contributed by atoms with Crippen molar-refractivity contribution in [3.8, 4) is 17.1 Å². The van der Waals surface area contributed by atoms with Crippen LogP contribution in [0.3, 0.4) is 0 Å². The van der Waals surface area contributed by atoms with Crippen LogP contribution in [0.1, 0.15) is 22.8 Å². The minimum absolute atomic E-state index is 0.201. The zero-order valence-electron chi connectivity index (χ0n) is 18.0. The molecule has 6 nitrogen and oxygen atoms in total. The summed E-state index contributed by atoms with van der Waals surface area (Å²) < 4.78 is 13.3. The molecule has 5 rings (SSSR count). The summed E-state index contributed by atoms with van der Waals surface area (Å²) in [6.07, 6.45) is 1.95. The number of ether oxygens (including phenoxy) is 1. The number of aromatic nitrogens is 2. The van der Waals surface area contributed by atoms with Gasteiger partial charge in [0, 0.05) is 13.1 Å². The molecule has 33 heavy (non-hydrogen) atoms. The van der Waals surface area contributed by atoms with E-state index in [1.807, 2.05) is 42.8 Å². The summed E-state index contributed by atoms with van der Waals surface area (Å²) >= 11 is 6.12. The highest BCUT2D eigenvalue weighted by Gasteiger charge is 2.19. The average molecular weight is 459 g/mol. The Morgan fingerprint density at radius 1 is 1.12 bits per heavy atom. The molecule has 7 heteroatoms. The number of rotatable bonds is 4. The molecule has 0 radical (unpaired) electrons. The van der Waals surface area contributed by atoms with Crippen molar-refractivity contribution in [1.82, 2.24) is 9.55 Å². The largest absolute Gasteiger partial charge is 0.463 e. The van der Waals surface area contributed by atoms with Crippen LogP contribution >= 0.6 is 11.6 Å². The highest BCUT2D eigenvalue weighted by molar-refractivity contribution is 6.33. The van der Waals surface area contributed by atoms with Crippen molar-refractivity contribution >= 4 is 39.6 Å². The zero-order valence-corrected chi connectivity index (χ0v) is 18.7. The van der Waals surface area contributed by atoms with Crippen molar-refractivity contribution in [3.63, 3.8) is 0 Å². The van der Waals surface area contributed by atoms with Crippen LogP contribution in [0.4, 0.5) is 0 Å². The van der Waals surface area contributed by atoms with Crippen molar-refractivity contribution in [2.45, 2.75) is 13.3 Å². The molecule has 0 bridgehead atoms. The Hall–Kier alpha value is -3.90. The Labute approximate surface area is 194 Å². The number of benzene rings is 3. The molecule has 0 amide bonds. The minimum Gasteiger partial charge on any atom is -0.463 e. The van der Waals surface area contributed by atoms with E-state index in [0.29, 0.717) is 45.1 Å². The molecule has 0 aliphatic rings. The van der Waals surface area contributed by atoms with Gasteiger partial charge in [-0.15, -0.1) is 0 Å². The monoisotopic (exact) mass is 458 g/mol. The molecule has 3 aromatic carbocycles. The van der Waals surface area contributed by atoms with E-state index in [-0.39, 0.29) is 11.0 Å². The fraction of sp³-hybridized carbons (Fsp3) is 0.115. The molecule has 0 unspecified atom stereocenters. The van der Waals surface area contributed by atoms with E-state index in [1.54, 1.807) is 36.4 Å². The van der Waals surface area contributed by atoms with E-state index in [2.05, 4.69) is 4.98 Å². The van der Waals surface area contributed by atoms with Gasteiger partial charge in [0.05, 0.1) is 27.0 Å². The van der Waals surface area contributed by atoms with E-state index < -0.39 is 5.97 Å². The average Bonchev–Trinajstić information content (AvgIpc) is 3.15. The highest BCUT2D eigenvalue weighted by Crippen LogP contribution is 2.29. The molecule has 2 heterocycles. The smallest absolute Gasteiger partial charge is 0.345 e. The normalized spacial score (nSPS) is 11.2. The first-order chi connectivity index (χ1) is 16.0. The van der Waals surface area contributed by atoms with Crippen LogP contribution in [-0.2, 0) is 13.5 Å². The number of imidazole rings is 1. The fourth-order valence-electron chi connectivity index (χ4n) is 3.90. The van der Waals surface area contributed by atoms with Gasteiger partial charge in [-0.25, -0.2) is 9.78 Å². The molecule has 2 aromatic heterocycles. The maximum absolute atomic E-state index is 13.4. The van der Waals surface area contributed by atoms with Crippen LogP contribution in [0.5, 0.6) is 5.75 Å². The summed E-state index contributed by atoms with van der Waals surface area (Å²) in [6.45, 7) is 1.92. The molecule has 0 fully saturated rings. The molecule has 0 aliphatic carbocycles. The van der Waals surface area contributed by atoms with Gasteiger partial charge in [-0.05, 0) is 42.3 Å². The third-order valence-corrected chi connectivity index (χ3v) is 5.99. The van der Waals surface area contributed by atoms with E-state index >= 15 is 0 Å². The van der Waals surface area contributed by atoms with Gasteiger partial charge in [0.1, 0.15) is 29.0 Å². The summed E-state index contributed by atoms with van der Waals surface area (Å²) in [7, 11) is 1.86. The van der Waals surface area contributed by atoms with Crippen molar-refractivity contribution in [1.29, 1.82) is 0 Å². The summed E-state index contributed by atoms with van der Waals surface area (Å²) in [6, 6.07) is 17.6. The minimum atomic E-state index is -0.576. The second kappa shape index (κ2) is 8.22. The van der Waals surface area contributed by atoms with Gasteiger partial charge >= 0.3 is 5.97 Å². The van der Waals surface area contributed by atoms with Crippen LogP contribution in [0, 0.1) is 0 Å². The predicted molar refractivity (Wildman–Crippen MR) is 128 cm³/mol. The van der Waals surface area contributed by atoms with Crippen molar-refractivity contribution < 1.29 is 13.9 Å². The Balaban J connectivity index is 1.60. The van der Waals surface area contributed by atoms with Crippen LogP contribution in [0.2, 0.25) is 5.02 Å². The van der Waals surface area contributed by atoms with E-state index in [4.69, 9.17) is 20.8 Å². The lowest BCUT2D eigenvalue weighted by Crippen LogP contribution is -2.12. The molecule has 0 atom stereocenters. The van der Waals surface area contributed by atoms with Crippen LogP contribution in [0.25, 0.3) is 33.4 Å². The SMILES string of the molecule is CCc1cc2c(=O)c(-c3nc4ccccc4n3C)coc2cc1OC(=O)c1ccccc1Cl. The van der Waals surface area contributed by atoms with Crippen LogP contribution in [0.15, 0.2) is 76.1 Å². The van der Waals surface area contributed by atoms with Gasteiger partial charge in [-0.1, -0.05) is 42.8 Å². The number of hydrogen-bond acceptors (Lipinski definition) is 5. The molecule has 0 saturated carbocycles. The summed E-state index contributed by atoms with van der Waals surface area (Å²) in [5, 5.41) is 0.703. The number of para-hydroxylation sites is 2. The molecule has 0 N–H and O–H groups in total. The standard InChI is InChI=1S/C26H19ClN2O4/c1-3-15-12-17-23(13-22(15)33-26(31)16-8-4-5-9-19(16)27)32-14-18(24(17)30)25-28-20-10-6-7-11-21(20)29(25)2/h4-14H,3H2,1-2H3. The Bertz CT molecular complexity index is 1600. The quantitative estimate of drug-likeness (QED) is 0.252. The first kappa shape index (κ1) is 21.0. The topological polar surface area (TPSA) is 74.3 Å². The van der Waals surface area contributed by atoms with Crippen molar-refractivity contribution in [2.24, 2.45) is 7.05 Å². The van der Waals surface area contributed by atoms with E-state index in [9.17, 15) is 9.59 Å².